The van der Waals surface area contributed by atoms with Gasteiger partial charge in [0, 0.05) is 12.0 Å². The van der Waals surface area contributed by atoms with Crippen LogP contribution in [0.5, 0.6) is 0 Å². The van der Waals surface area contributed by atoms with E-state index in [1.54, 1.807) is 13.8 Å². The second kappa shape index (κ2) is 5.04. The van der Waals surface area contributed by atoms with Crippen molar-refractivity contribution >= 4 is 11.6 Å². The lowest BCUT2D eigenvalue weighted by Gasteiger charge is -2.07. The van der Waals surface area contributed by atoms with Gasteiger partial charge in [0.2, 0.25) is 11.6 Å². The summed E-state index contributed by atoms with van der Waals surface area (Å²) in [7, 11) is 0. The van der Waals surface area contributed by atoms with Gasteiger partial charge in [0.25, 0.3) is 0 Å². The van der Waals surface area contributed by atoms with Gasteiger partial charge in [-0.15, -0.1) is 0 Å². The largest absolute Gasteiger partial charge is 0.307 e. The lowest BCUT2D eigenvalue weighted by atomic mass is 10.1. The average molecular weight is 171 g/mol. The minimum atomic E-state index is -0.321. The van der Waals surface area contributed by atoms with Crippen LogP contribution in [0.1, 0.15) is 27.7 Å². The standard InChI is InChI=1S/C9H17NO2/c1-6(2)9(12)8(11)5-10-7(3)4/h6-7,10H,5H2,1-4H3. The summed E-state index contributed by atoms with van der Waals surface area (Å²) >= 11 is 0. The molecule has 0 saturated carbocycles. The van der Waals surface area contributed by atoms with E-state index in [9.17, 15) is 9.59 Å². The normalized spacial score (nSPS) is 10.8. The van der Waals surface area contributed by atoms with E-state index >= 15 is 0 Å². The molecule has 3 heteroatoms. The molecule has 0 aliphatic heterocycles. The summed E-state index contributed by atoms with van der Waals surface area (Å²) in [4.78, 5) is 22.1. The lowest BCUT2D eigenvalue weighted by Crippen LogP contribution is -2.34. The third-order valence-corrected chi connectivity index (χ3v) is 1.47. The summed E-state index contributed by atoms with van der Waals surface area (Å²) in [5.74, 6) is -0.798. The van der Waals surface area contributed by atoms with E-state index in [2.05, 4.69) is 5.32 Å². The molecule has 0 spiro atoms. The van der Waals surface area contributed by atoms with Crippen LogP contribution >= 0.6 is 0 Å². The molecule has 1 N–H and O–H groups in total. The first-order valence-corrected chi connectivity index (χ1v) is 4.25. The number of nitrogens with one attached hydrogen (secondary N) is 1. The first-order valence-electron chi connectivity index (χ1n) is 4.25. The van der Waals surface area contributed by atoms with Gasteiger partial charge in [0.15, 0.2) is 0 Å². The summed E-state index contributed by atoms with van der Waals surface area (Å²) in [6.07, 6.45) is 0. The fraction of sp³-hybridized carbons (Fsp3) is 0.778. The zero-order chi connectivity index (χ0) is 9.72. The third kappa shape index (κ3) is 4.23. The summed E-state index contributed by atoms with van der Waals surface area (Å²) in [5.41, 5.74) is 0. The van der Waals surface area contributed by atoms with E-state index in [1.165, 1.54) is 0 Å². The molecule has 0 aromatic rings. The van der Waals surface area contributed by atoms with Gasteiger partial charge in [0.1, 0.15) is 0 Å². The van der Waals surface area contributed by atoms with Gasteiger partial charge in [-0.25, -0.2) is 0 Å². The van der Waals surface area contributed by atoms with E-state index in [-0.39, 0.29) is 30.1 Å². The van der Waals surface area contributed by atoms with E-state index < -0.39 is 0 Å². The Kier molecular flexibility index (Phi) is 4.74. The smallest absolute Gasteiger partial charge is 0.212 e. The molecule has 0 atom stereocenters. The second-order valence-corrected chi connectivity index (χ2v) is 3.48. The van der Waals surface area contributed by atoms with Gasteiger partial charge in [-0.05, 0) is 0 Å². The van der Waals surface area contributed by atoms with Crippen molar-refractivity contribution in [1.29, 1.82) is 0 Å². The SMILES string of the molecule is CC(C)NCC(=O)C(=O)C(C)C. The van der Waals surface area contributed by atoms with E-state index in [0.717, 1.165) is 0 Å². The Morgan fingerprint density at radius 2 is 1.67 bits per heavy atom. The molecule has 0 heterocycles. The number of carbonyl (C=O) groups excluding carboxylic acids is 2. The van der Waals surface area contributed by atoms with E-state index in [0.29, 0.717) is 0 Å². The molecule has 0 aliphatic carbocycles. The van der Waals surface area contributed by atoms with Gasteiger partial charge in [-0.2, -0.15) is 0 Å². The molecule has 0 aliphatic rings. The van der Waals surface area contributed by atoms with Crippen LogP contribution in [0.4, 0.5) is 0 Å². The van der Waals surface area contributed by atoms with Crippen LogP contribution in [0.25, 0.3) is 0 Å². The third-order valence-electron chi connectivity index (χ3n) is 1.47. The van der Waals surface area contributed by atoms with Gasteiger partial charge >= 0.3 is 0 Å². The van der Waals surface area contributed by atoms with Crippen molar-refractivity contribution in [2.24, 2.45) is 5.92 Å². The van der Waals surface area contributed by atoms with Crippen molar-refractivity contribution in [2.45, 2.75) is 33.7 Å². The van der Waals surface area contributed by atoms with E-state index in [1.807, 2.05) is 13.8 Å². The Balaban J connectivity index is 3.81. The molecule has 0 unspecified atom stereocenters. The molecule has 3 nitrogen and oxygen atoms in total. The molecule has 0 fully saturated rings. The van der Waals surface area contributed by atoms with Crippen LogP contribution in [0.15, 0.2) is 0 Å². The molecule has 70 valence electrons. The van der Waals surface area contributed by atoms with Crippen molar-refractivity contribution in [3.05, 3.63) is 0 Å². The van der Waals surface area contributed by atoms with Crippen molar-refractivity contribution in [2.75, 3.05) is 6.54 Å². The lowest BCUT2D eigenvalue weighted by molar-refractivity contribution is -0.137. The molecule has 0 saturated heterocycles. The van der Waals surface area contributed by atoms with Crippen LogP contribution in [0, 0.1) is 5.92 Å². The van der Waals surface area contributed by atoms with Crippen molar-refractivity contribution in [3.8, 4) is 0 Å². The Hall–Kier alpha value is -0.700. The predicted molar refractivity (Wildman–Crippen MR) is 48.0 cm³/mol. The first-order chi connectivity index (χ1) is 5.45. The fourth-order valence-electron chi connectivity index (χ4n) is 0.706. The predicted octanol–water partition coefficient (Wildman–Crippen LogP) is 0.779. The van der Waals surface area contributed by atoms with Crippen LogP contribution in [-0.2, 0) is 9.59 Å². The molecular weight excluding hydrogens is 154 g/mol. The Bertz CT molecular complexity index is 173. The van der Waals surface area contributed by atoms with Crippen LogP contribution in [-0.4, -0.2) is 24.2 Å². The zero-order valence-electron chi connectivity index (χ0n) is 8.18. The minimum absolute atomic E-state index is 0.161. The highest BCUT2D eigenvalue weighted by Gasteiger charge is 2.16. The van der Waals surface area contributed by atoms with Crippen LogP contribution in [0.2, 0.25) is 0 Å². The Morgan fingerprint density at radius 3 is 2.00 bits per heavy atom. The molecular formula is C9H17NO2. The van der Waals surface area contributed by atoms with Crippen LogP contribution < -0.4 is 5.32 Å². The van der Waals surface area contributed by atoms with Crippen molar-refractivity contribution in [3.63, 3.8) is 0 Å². The summed E-state index contributed by atoms with van der Waals surface area (Å²) in [6, 6.07) is 0.244. The highest BCUT2D eigenvalue weighted by Crippen LogP contribution is 1.94. The molecule has 0 aromatic carbocycles. The highest BCUT2D eigenvalue weighted by molar-refractivity contribution is 6.38. The second-order valence-electron chi connectivity index (χ2n) is 3.48. The number of ketones is 2. The van der Waals surface area contributed by atoms with Gasteiger partial charge < -0.3 is 5.32 Å². The molecule has 0 aromatic heterocycles. The number of Topliss-reactive ketones (excluding diaryl/α,β-unsaturated/α-hetero) is 2. The molecule has 0 radical (unpaired) electrons. The number of hydrogen-bond donors (Lipinski definition) is 1. The van der Waals surface area contributed by atoms with Gasteiger partial charge in [-0.1, -0.05) is 27.7 Å². The van der Waals surface area contributed by atoms with Crippen molar-refractivity contribution in [1.82, 2.24) is 5.32 Å². The van der Waals surface area contributed by atoms with Gasteiger partial charge in [0.05, 0.1) is 6.54 Å². The van der Waals surface area contributed by atoms with E-state index in [4.69, 9.17) is 0 Å². The summed E-state index contributed by atoms with van der Waals surface area (Å²) < 4.78 is 0. The zero-order valence-corrected chi connectivity index (χ0v) is 8.18. The first kappa shape index (κ1) is 11.3. The molecule has 0 bridgehead atoms. The fourth-order valence-corrected chi connectivity index (χ4v) is 0.706. The highest BCUT2D eigenvalue weighted by atomic mass is 16.2. The minimum Gasteiger partial charge on any atom is -0.307 e. The molecule has 0 amide bonds. The average Bonchev–Trinajstić information content (AvgIpc) is 1.98. The molecule has 0 rings (SSSR count). The maximum absolute atomic E-state index is 11.1. The maximum Gasteiger partial charge on any atom is 0.212 e. The number of hydrogen-bond acceptors (Lipinski definition) is 3. The Morgan fingerprint density at radius 1 is 1.17 bits per heavy atom. The van der Waals surface area contributed by atoms with Gasteiger partial charge in [-0.3, -0.25) is 9.59 Å². The summed E-state index contributed by atoms with van der Waals surface area (Å²) in [6.45, 7) is 7.50. The quantitative estimate of drug-likeness (QED) is 0.622. The van der Waals surface area contributed by atoms with Crippen LogP contribution in [0.3, 0.4) is 0 Å². The topological polar surface area (TPSA) is 46.2 Å². The number of carbonyl (C=O) groups is 2. The number of rotatable bonds is 5. The monoisotopic (exact) mass is 171 g/mol. The maximum atomic E-state index is 11.1. The summed E-state index contributed by atoms with van der Waals surface area (Å²) in [5, 5.41) is 2.91. The molecule has 12 heavy (non-hydrogen) atoms. The Labute approximate surface area is 73.5 Å². The van der Waals surface area contributed by atoms with Crippen molar-refractivity contribution < 1.29 is 9.59 Å².